The number of benzene rings is 2. The molecular formula is C25H25F5N2O4S. The average molecular weight is 545 g/mol. The first-order chi connectivity index (χ1) is 17.4. The van der Waals surface area contributed by atoms with Crippen molar-refractivity contribution < 1.29 is 40.3 Å². The number of sulfonamides is 1. The smallest absolute Gasteiger partial charge is 0.350 e. The van der Waals surface area contributed by atoms with Gasteiger partial charge in [-0.3, -0.25) is 4.79 Å². The van der Waals surface area contributed by atoms with Crippen molar-refractivity contribution in [3.63, 3.8) is 0 Å². The van der Waals surface area contributed by atoms with E-state index >= 15 is 4.39 Å². The first-order valence-electron chi connectivity index (χ1n) is 11.9. The number of hydrogen-bond acceptors (Lipinski definition) is 4. The molecule has 0 aromatic heterocycles. The quantitative estimate of drug-likeness (QED) is 0.498. The van der Waals surface area contributed by atoms with E-state index < -0.39 is 62.7 Å². The minimum Gasteiger partial charge on any atom is -0.383 e. The van der Waals surface area contributed by atoms with E-state index in [-0.39, 0.29) is 35.6 Å². The normalized spacial score (nSPS) is 23.6. The van der Waals surface area contributed by atoms with Crippen molar-refractivity contribution in [2.24, 2.45) is 11.3 Å². The van der Waals surface area contributed by atoms with E-state index in [0.717, 1.165) is 12.1 Å². The maximum absolute atomic E-state index is 15.6. The molecule has 12 heteroatoms. The number of amides is 1. The van der Waals surface area contributed by atoms with Crippen molar-refractivity contribution in [1.82, 2.24) is 9.62 Å². The third kappa shape index (κ3) is 4.98. The number of carbonyl (C=O) groups is 1. The molecule has 5 rings (SSSR count). The van der Waals surface area contributed by atoms with Gasteiger partial charge in [0.2, 0.25) is 0 Å². The Morgan fingerprint density at radius 3 is 2.32 bits per heavy atom. The molecule has 0 unspecified atom stereocenters. The molecule has 3 atom stereocenters. The van der Waals surface area contributed by atoms with E-state index in [1.807, 2.05) is 0 Å². The highest BCUT2D eigenvalue weighted by molar-refractivity contribution is 7.89. The second-order valence-corrected chi connectivity index (χ2v) is 11.9. The molecule has 2 saturated carbocycles. The molecule has 1 amide bonds. The minimum atomic E-state index is -5.04. The zero-order valence-corrected chi connectivity index (χ0v) is 20.3. The second kappa shape index (κ2) is 9.32. The molecule has 1 spiro atoms. The number of aliphatic hydroxyl groups excluding tert-OH is 1. The van der Waals surface area contributed by atoms with Gasteiger partial charge in [0.1, 0.15) is 23.6 Å². The third-order valence-corrected chi connectivity index (χ3v) is 8.69. The third-order valence-electron chi connectivity index (χ3n) is 7.63. The summed E-state index contributed by atoms with van der Waals surface area (Å²) in [6, 6.07) is 4.52. The molecule has 3 aliphatic rings. The summed E-state index contributed by atoms with van der Waals surface area (Å²) < 4.78 is 96.1. The molecule has 1 saturated heterocycles. The molecule has 2 N–H and O–H groups in total. The SMILES string of the molecule is O=C([C@@H](O)C1CC1)N1CC2(CC2)[C@H](NS(=O)(=O)C(F)F)[C@@H]1Cc1cccc(-c2cc(F)cc(F)c2)c1F. The molecule has 3 fully saturated rings. The number of hydrogen-bond donors (Lipinski definition) is 2. The van der Waals surface area contributed by atoms with Crippen molar-refractivity contribution in [3.05, 3.63) is 59.4 Å². The van der Waals surface area contributed by atoms with Gasteiger partial charge in [-0.1, -0.05) is 18.2 Å². The van der Waals surface area contributed by atoms with E-state index in [1.165, 1.54) is 23.1 Å². The Labute approximate surface area is 210 Å². The summed E-state index contributed by atoms with van der Waals surface area (Å²) in [6.45, 7) is 0.0348. The lowest BCUT2D eigenvalue weighted by atomic mass is 9.91. The largest absolute Gasteiger partial charge is 0.383 e. The van der Waals surface area contributed by atoms with Gasteiger partial charge in [-0.15, -0.1) is 0 Å². The van der Waals surface area contributed by atoms with Crippen LogP contribution in [0.1, 0.15) is 31.2 Å². The Kier molecular flexibility index (Phi) is 6.56. The zero-order chi connectivity index (χ0) is 26.7. The number of alkyl halides is 2. The molecule has 1 heterocycles. The van der Waals surface area contributed by atoms with Crippen LogP contribution in [0.25, 0.3) is 11.1 Å². The summed E-state index contributed by atoms with van der Waals surface area (Å²) in [6.07, 6.45) is 0.647. The Balaban J connectivity index is 1.52. The van der Waals surface area contributed by atoms with Crippen LogP contribution in [0, 0.1) is 28.8 Å². The molecule has 0 bridgehead atoms. The average Bonchev–Trinajstić information content (AvgIpc) is 3.74. The number of nitrogens with zero attached hydrogens (tertiary/aromatic N) is 1. The monoisotopic (exact) mass is 544 g/mol. The van der Waals surface area contributed by atoms with Crippen molar-refractivity contribution in [1.29, 1.82) is 0 Å². The lowest BCUT2D eigenvalue weighted by molar-refractivity contribution is -0.142. The standard InChI is InChI=1S/C25H25F5N2O4S/c26-16-8-15(9-17(27)11-16)18-3-1-2-14(20(18)28)10-19-22(31-37(35,36)24(29)30)25(6-7-25)12-32(19)23(34)21(33)13-4-5-13/h1-3,8-9,11,13,19,21-22,24,31,33H,4-7,10,12H2/t19-,21-,22+/m0/s1. The topological polar surface area (TPSA) is 86.7 Å². The number of carbonyl (C=O) groups excluding carboxylic acids is 1. The van der Waals surface area contributed by atoms with Gasteiger partial charge in [-0.25, -0.2) is 26.3 Å². The van der Waals surface area contributed by atoms with Crippen LogP contribution in [0.2, 0.25) is 0 Å². The van der Waals surface area contributed by atoms with Gasteiger partial charge in [0.25, 0.3) is 15.9 Å². The van der Waals surface area contributed by atoms with Crippen LogP contribution >= 0.6 is 0 Å². The Hall–Kier alpha value is -2.57. The van der Waals surface area contributed by atoms with Gasteiger partial charge in [-0.05, 0) is 61.3 Å². The molecule has 2 aromatic carbocycles. The van der Waals surface area contributed by atoms with Crippen molar-refractivity contribution in [2.75, 3.05) is 6.54 Å². The fraction of sp³-hybridized carbons (Fsp3) is 0.480. The summed E-state index contributed by atoms with van der Waals surface area (Å²) >= 11 is 0. The van der Waals surface area contributed by atoms with Crippen LogP contribution < -0.4 is 4.72 Å². The molecular weight excluding hydrogens is 519 g/mol. The van der Waals surface area contributed by atoms with Crippen LogP contribution in [0.5, 0.6) is 0 Å². The summed E-state index contributed by atoms with van der Waals surface area (Å²) in [5, 5.41) is 10.5. The van der Waals surface area contributed by atoms with Gasteiger partial charge in [0.15, 0.2) is 0 Å². The van der Waals surface area contributed by atoms with E-state index in [9.17, 15) is 35.9 Å². The van der Waals surface area contributed by atoms with E-state index in [2.05, 4.69) is 4.72 Å². The first kappa shape index (κ1) is 26.1. The van der Waals surface area contributed by atoms with Crippen molar-refractivity contribution in [2.45, 2.75) is 56.0 Å². The highest BCUT2D eigenvalue weighted by Crippen LogP contribution is 2.56. The van der Waals surface area contributed by atoms with E-state index in [0.29, 0.717) is 31.7 Å². The van der Waals surface area contributed by atoms with Crippen LogP contribution in [0.15, 0.2) is 36.4 Å². The lowest BCUT2D eigenvalue weighted by Gasteiger charge is -2.31. The number of halogens is 5. The Morgan fingerprint density at radius 1 is 1.11 bits per heavy atom. The molecule has 2 aliphatic carbocycles. The first-order valence-corrected chi connectivity index (χ1v) is 13.5. The predicted molar refractivity (Wildman–Crippen MR) is 123 cm³/mol. The molecule has 6 nitrogen and oxygen atoms in total. The number of aliphatic hydroxyl groups is 1. The maximum atomic E-state index is 15.6. The van der Waals surface area contributed by atoms with Gasteiger partial charge < -0.3 is 10.0 Å². The fourth-order valence-electron chi connectivity index (χ4n) is 5.35. The summed E-state index contributed by atoms with van der Waals surface area (Å²) in [4.78, 5) is 14.5. The molecule has 0 radical (unpaired) electrons. The van der Waals surface area contributed by atoms with Gasteiger partial charge in [0.05, 0.1) is 6.04 Å². The number of nitrogens with one attached hydrogen (secondary N) is 1. The van der Waals surface area contributed by atoms with Gasteiger partial charge in [0, 0.05) is 29.6 Å². The van der Waals surface area contributed by atoms with Crippen molar-refractivity contribution in [3.8, 4) is 11.1 Å². The van der Waals surface area contributed by atoms with Crippen molar-refractivity contribution >= 4 is 15.9 Å². The zero-order valence-electron chi connectivity index (χ0n) is 19.5. The molecule has 37 heavy (non-hydrogen) atoms. The number of rotatable bonds is 8. The van der Waals surface area contributed by atoms with E-state index in [1.54, 1.807) is 0 Å². The summed E-state index contributed by atoms with van der Waals surface area (Å²) in [7, 11) is -5.04. The Bertz CT molecular complexity index is 1310. The predicted octanol–water partition coefficient (Wildman–Crippen LogP) is 3.59. The van der Waals surface area contributed by atoms with Crippen LogP contribution in [-0.2, 0) is 21.2 Å². The van der Waals surface area contributed by atoms with Gasteiger partial charge in [-0.2, -0.15) is 8.78 Å². The highest BCUT2D eigenvalue weighted by atomic mass is 32.2. The fourth-order valence-corrected chi connectivity index (χ4v) is 6.22. The summed E-state index contributed by atoms with van der Waals surface area (Å²) in [5.41, 5.74) is -0.972. The number of likely N-dealkylation sites (tertiary alicyclic amines) is 1. The molecule has 200 valence electrons. The summed E-state index contributed by atoms with van der Waals surface area (Å²) in [5.74, 6) is -7.23. The Morgan fingerprint density at radius 2 is 1.76 bits per heavy atom. The lowest BCUT2D eigenvalue weighted by Crippen LogP contribution is -2.52. The van der Waals surface area contributed by atoms with Gasteiger partial charge >= 0.3 is 5.76 Å². The second-order valence-electron chi connectivity index (χ2n) is 10.2. The molecule has 1 aliphatic heterocycles. The van der Waals surface area contributed by atoms with Crippen LogP contribution in [0.3, 0.4) is 0 Å². The molecule has 2 aromatic rings. The van der Waals surface area contributed by atoms with Crippen LogP contribution in [-0.4, -0.2) is 54.8 Å². The van der Waals surface area contributed by atoms with Crippen LogP contribution in [0.4, 0.5) is 22.0 Å². The van der Waals surface area contributed by atoms with E-state index in [4.69, 9.17) is 0 Å². The highest BCUT2D eigenvalue weighted by Gasteiger charge is 2.62. The maximum Gasteiger partial charge on any atom is 0.350 e. The minimum absolute atomic E-state index is 0.00447.